The highest BCUT2D eigenvalue weighted by molar-refractivity contribution is 7.22. The van der Waals surface area contributed by atoms with Crippen LogP contribution < -0.4 is 0 Å². The number of para-hydroxylation sites is 1. The largest absolute Gasteiger partial charge is 0.292 e. The molecular formula is C120H75N13S2. The topological polar surface area (TPSA) is 160 Å². The van der Waals surface area contributed by atoms with Gasteiger partial charge in [0.25, 0.3) is 0 Å². The fourth-order valence-electron chi connectivity index (χ4n) is 18.0. The van der Waals surface area contributed by atoms with Crippen LogP contribution in [0, 0.1) is 0 Å². The van der Waals surface area contributed by atoms with Gasteiger partial charge < -0.3 is 0 Å². The SMILES string of the molecule is c1ccc(-c2nc(-c3ccccc3)nc(-c3ccc4c(ccc5ccc6c(nc(-c7ccccc7)n6-c6ccccc6)c54)c3)n2)cc1.c1ccc(-c2nc(-c3ccccc3)nc(-c3ccc4c(ccc5ccc6sc(-c7ccccc7-c7ccccc7)nc6c54)c3)n2)cc1.c1ccc(-c2nc(-c3ccccc3)nc(-c3ccc4ccc5ccc6sc(-c7ccccc7)nc6c5c4c3)n2)cc1. The van der Waals surface area contributed by atoms with E-state index < -0.39 is 0 Å². The standard InChI is InChI=1S/C42H27N5.C42H26N4S.C36H22N4S/c1-5-13-29(14-6-1)39-44-40(30-15-7-2-8-16-30)46-41(45-39)33-23-25-35-32(27-33)22-21-28-24-26-36-38(37(28)35)43-42(31-17-9-3-10-18-31)47(36)34-19-11-4-12-20-34;1-4-12-27(13-5-1)33-18-10-11-19-35(33)42-43-38-36(47-42)25-23-28-20-21-31-26-32(22-24-34(31)37(28)38)41-45-39(29-14-6-2-7-15-29)44-40(46-41)30-16-8-3-9-17-30;1-4-10-25(11-5-1)33-38-34(26-12-6-2-7-13-26)40-35(39-33)28-19-17-23-16-18-24-20-21-30-32(31(24)29(23)22-28)37-36(41-30)27-14-8-3-9-15-27/h1-27H;1-26H;1-22H. The highest BCUT2D eigenvalue weighted by Gasteiger charge is 2.24. The molecule has 0 spiro atoms. The predicted molar refractivity (Wildman–Crippen MR) is 556 cm³/mol. The molecule has 13 nitrogen and oxygen atoms in total. The van der Waals surface area contributed by atoms with Crippen molar-refractivity contribution in [3.05, 3.63) is 455 Å². The zero-order chi connectivity index (χ0) is 89.5. The van der Waals surface area contributed by atoms with Gasteiger partial charge in [0.1, 0.15) is 15.8 Å². The summed E-state index contributed by atoms with van der Waals surface area (Å²) < 4.78 is 4.61. The Kier molecular flexibility index (Phi) is 21.0. The van der Waals surface area contributed by atoms with Gasteiger partial charge in [-0.3, -0.25) is 4.57 Å². The molecule has 0 fully saturated rings. The van der Waals surface area contributed by atoms with Crippen molar-refractivity contribution in [2.75, 3.05) is 0 Å². The first kappa shape index (κ1) is 80.5. The molecule has 0 unspecified atom stereocenters. The van der Waals surface area contributed by atoms with E-state index in [1.807, 2.05) is 200 Å². The molecule has 0 atom stereocenters. The van der Waals surface area contributed by atoms with Crippen LogP contribution in [-0.2, 0) is 0 Å². The summed E-state index contributed by atoms with van der Waals surface area (Å²) in [6.07, 6.45) is 0. The molecule has 0 amide bonds. The second kappa shape index (κ2) is 35.3. The van der Waals surface area contributed by atoms with Crippen molar-refractivity contribution in [2.24, 2.45) is 0 Å². The van der Waals surface area contributed by atoms with Gasteiger partial charge in [-0.05, 0) is 108 Å². The Hall–Kier alpha value is -17.8. The van der Waals surface area contributed by atoms with Gasteiger partial charge in [-0.1, -0.05) is 406 Å². The quantitative estimate of drug-likeness (QED) is 0.0950. The third-order valence-electron chi connectivity index (χ3n) is 24.5. The van der Waals surface area contributed by atoms with E-state index in [1.54, 1.807) is 22.7 Å². The predicted octanol–water partition coefficient (Wildman–Crippen LogP) is 30.8. The Balaban J connectivity index is 0.000000111. The number of rotatable bonds is 14. The number of hydrogen-bond donors (Lipinski definition) is 0. The summed E-state index contributed by atoms with van der Waals surface area (Å²) in [5.41, 5.74) is 19.4. The molecule has 632 valence electrons. The van der Waals surface area contributed by atoms with Crippen molar-refractivity contribution in [3.63, 3.8) is 0 Å². The van der Waals surface area contributed by atoms with Crippen LogP contribution in [0.3, 0.4) is 0 Å². The van der Waals surface area contributed by atoms with E-state index in [0.29, 0.717) is 52.4 Å². The van der Waals surface area contributed by atoms with Crippen molar-refractivity contribution in [3.8, 4) is 152 Å². The van der Waals surface area contributed by atoms with Crippen molar-refractivity contribution < 1.29 is 0 Å². The van der Waals surface area contributed by atoms with Gasteiger partial charge in [-0.15, -0.1) is 22.7 Å². The molecule has 135 heavy (non-hydrogen) atoms. The maximum atomic E-state index is 5.34. The number of hydrogen-bond acceptors (Lipinski definition) is 14. The zero-order valence-corrected chi connectivity index (χ0v) is 74.1. The van der Waals surface area contributed by atoms with Crippen molar-refractivity contribution in [1.29, 1.82) is 0 Å². The van der Waals surface area contributed by atoms with Crippen molar-refractivity contribution in [2.45, 2.75) is 0 Å². The first-order valence-electron chi connectivity index (χ1n) is 44.7. The zero-order valence-electron chi connectivity index (χ0n) is 72.4. The molecule has 6 aromatic heterocycles. The summed E-state index contributed by atoms with van der Waals surface area (Å²) in [4.78, 5) is 60.1. The molecule has 20 aromatic carbocycles. The first-order valence-corrected chi connectivity index (χ1v) is 46.3. The lowest BCUT2D eigenvalue weighted by atomic mass is 9.98. The number of aromatic nitrogens is 13. The minimum Gasteiger partial charge on any atom is -0.292 e. The van der Waals surface area contributed by atoms with Gasteiger partial charge in [0.05, 0.1) is 31.5 Å². The van der Waals surface area contributed by atoms with Crippen LogP contribution in [0.15, 0.2) is 455 Å². The summed E-state index contributed by atoms with van der Waals surface area (Å²) in [7, 11) is 0. The molecule has 6 heterocycles. The van der Waals surface area contributed by atoms with E-state index in [9.17, 15) is 0 Å². The molecule has 0 aliphatic rings. The Morgan fingerprint density at radius 1 is 0.170 bits per heavy atom. The Labute approximate surface area is 784 Å². The fraction of sp³-hybridized carbons (Fsp3) is 0. The minimum atomic E-state index is 0.637. The summed E-state index contributed by atoms with van der Waals surface area (Å²) in [6, 6.07) is 157. The molecule has 0 saturated carbocycles. The van der Waals surface area contributed by atoms with Crippen molar-refractivity contribution in [1.82, 2.24) is 64.4 Å². The summed E-state index contributed by atoms with van der Waals surface area (Å²) >= 11 is 3.47. The highest BCUT2D eigenvalue weighted by atomic mass is 32.1. The van der Waals surface area contributed by atoms with E-state index in [2.05, 4.69) is 259 Å². The van der Waals surface area contributed by atoms with E-state index in [4.69, 9.17) is 59.8 Å². The third kappa shape index (κ3) is 15.8. The van der Waals surface area contributed by atoms with Gasteiger partial charge in [0, 0.05) is 88.6 Å². The van der Waals surface area contributed by atoms with Crippen LogP contribution in [0.2, 0.25) is 0 Å². The third-order valence-corrected chi connectivity index (χ3v) is 26.6. The molecular weight excluding hydrogens is 1690 g/mol. The average molecular weight is 1760 g/mol. The van der Waals surface area contributed by atoms with Gasteiger partial charge >= 0.3 is 0 Å². The second-order valence-electron chi connectivity index (χ2n) is 33.0. The van der Waals surface area contributed by atoms with Gasteiger partial charge in [0.15, 0.2) is 52.4 Å². The Morgan fingerprint density at radius 2 is 0.459 bits per heavy atom. The van der Waals surface area contributed by atoms with Gasteiger partial charge in [-0.25, -0.2) is 59.8 Å². The molecule has 0 N–H and O–H groups in total. The number of thiazole rings is 2. The van der Waals surface area contributed by atoms with Crippen molar-refractivity contribution >= 4 is 119 Å². The molecule has 26 aromatic rings. The highest BCUT2D eigenvalue weighted by Crippen LogP contribution is 2.45. The fourth-order valence-corrected chi connectivity index (χ4v) is 20.0. The maximum absolute atomic E-state index is 5.34. The lowest BCUT2D eigenvalue weighted by Gasteiger charge is -2.11. The normalized spacial score (nSPS) is 11.4. The van der Waals surface area contributed by atoms with Crippen LogP contribution in [-0.4, -0.2) is 64.4 Å². The summed E-state index contributed by atoms with van der Waals surface area (Å²) in [5.74, 6) is 6.75. The van der Waals surface area contributed by atoms with Crippen LogP contribution in [0.5, 0.6) is 0 Å². The molecule has 0 aliphatic heterocycles. The van der Waals surface area contributed by atoms with Crippen LogP contribution in [0.1, 0.15) is 0 Å². The second-order valence-corrected chi connectivity index (χ2v) is 35.0. The van der Waals surface area contributed by atoms with Crippen LogP contribution in [0.25, 0.3) is 248 Å². The molecule has 0 aliphatic carbocycles. The van der Waals surface area contributed by atoms with E-state index in [1.165, 1.54) is 25.9 Å². The molecule has 0 saturated heterocycles. The molecule has 15 heteroatoms. The lowest BCUT2D eigenvalue weighted by molar-refractivity contribution is 1.07. The van der Waals surface area contributed by atoms with Gasteiger partial charge in [-0.2, -0.15) is 0 Å². The number of nitrogens with zero attached hydrogens (tertiary/aromatic N) is 13. The van der Waals surface area contributed by atoms with E-state index >= 15 is 0 Å². The first-order chi connectivity index (χ1) is 66.9. The van der Waals surface area contributed by atoms with Crippen LogP contribution in [0.4, 0.5) is 0 Å². The number of imidazole rings is 1. The Bertz CT molecular complexity index is 8780. The molecule has 26 rings (SSSR count). The van der Waals surface area contributed by atoms with Crippen LogP contribution >= 0.6 is 22.7 Å². The molecule has 0 radical (unpaired) electrons. The number of fused-ring (bicyclic) bond motifs is 15. The maximum Gasteiger partial charge on any atom is 0.164 e. The van der Waals surface area contributed by atoms with Gasteiger partial charge in [0.2, 0.25) is 0 Å². The average Bonchev–Trinajstić information content (AvgIpc) is 1.61. The van der Waals surface area contributed by atoms with E-state index in [-0.39, 0.29) is 0 Å². The van der Waals surface area contributed by atoms with E-state index in [0.717, 1.165) is 170 Å². The summed E-state index contributed by atoms with van der Waals surface area (Å²) in [6.45, 7) is 0. The minimum absolute atomic E-state index is 0.637. The molecule has 0 bridgehead atoms. The number of benzene rings is 20. The lowest BCUT2D eigenvalue weighted by Crippen LogP contribution is -2.00. The summed E-state index contributed by atoms with van der Waals surface area (Å²) in [5, 5.41) is 15.8. The smallest absolute Gasteiger partial charge is 0.164 e. The monoisotopic (exact) mass is 1760 g/mol. The Morgan fingerprint density at radius 3 is 0.881 bits per heavy atom.